The van der Waals surface area contributed by atoms with Gasteiger partial charge in [-0.3, -0.25) is 4.98 Å². The summed E-state index contributed by atoms with van der Waals surface area (Å²) in [6, 6.07) is 11.5. The maximum absolute atomic E-state index is 5.88. The van der Waals surface area contributed by atoms with E-state index in [0.29, 0.717) is 24.1 Å². The molecular formula is C18H18ClN3O2. The first-order valence-electron chi connectivity index (χ1n) is 7.61. The van der Waals surface area contributed by atoms with Gasteiger partial charge in [-0.1, -0.05) is 0 Å². The highest BCUT2D eigenvalue weighted by Crippen LogP contribution is 2.26. The molecule has 0 amide bonds. The molecule has 0 unspecified atom stereocenters. The normalized spacial score (nSPS) is 10.6. The summed E-state index contributed by atoms with van der Waals surface area (Å²) in [5, 5.41) is 4.37. The molecule has 0 atom stereocenters. The standard InChI is InChI=1S/C18H18ClN3O2/c1-13-11-15(22-9-7-18(21-22)23-10-8-19)4-6-17(13)24-16-5-3-14(2)20-12-16/h3-7,9,11-12H,8,10H2,1-2H3. The maximum atomic E-state index is 5.88. The van der Waals surface area contributed by atoms with Crippen molar-refractivity contribution in [1.82, 2.24) is 14.8 Å². The minimum atomic E-state index is 0.436. The van der Waals surface area contributed by atoms with Gasteiger partial charge in [-0.25, -0.2) is 4.68 Å². The molecule has 0 radical (unpaired) electrons. The second-order valence-corrected chi connectivity index (χ2v) is 5.70. The van der Waals surface area contributed by atoms with E-state index in [4.69, 9.17) is 21.1 Å². The first-order valence-corrected chi connectivity index (χ1v) is 8.15. The van der Waals surface area contributed by atoms with Crippen molar-refractivity contribution in [3.63, 3.8) is 0 Å². The van der Waals surface area contributed by atoms with Gasteiger partial charge < -0.3 is 9.47 Å². The van der Waals surface area contributed by atoms with Crippen LogP contribution < -0.4 is 9.47 Å². The lowest BCUT2D eigenvalue weighted by Crippen LogP contribution is -2.01. The summed E-state index contributed by atoms with van der Waals surface area (Å²) in [6.07, 6.45) is 3.57. The van der Waals surface area contributed by atoms with Crippen molar-refractivity contribution in [2.75, 3.05) is 12.5 Å². The second-order valence-electron chi connectivity index (χ2n) is 5.32. The van der Waals surface area contributed by atoms with Crippen LogP contribution in [0.25, 0.3) is 5.69 Å². The van der Waals surface area contributed by atoms with Gasteiger partial charge >= 0.3 is 0 Å². The van der Waals surface area contributed by atoms with E-state index in [0.717, 1.165) is 22.7 Å². The SMILES string of the molecule is Cc1ccc(Oc2ccc(-n3ccc(OCCCl)n3)cc2C)cn1. The van der Waals surface area contributed by atoms with Crippen LogP contribution in [0.1, 0.15) is 11.3 Å². The summed E-state index contributed by atoms with van der Waals surface area (Å²) in [7, 11) is 0. The molecule has 3 aromatic rings. The average molecular weight is 344 g/mol. The number of rotatable bonds is 6. The van der Waals surface area contributed by atoms with Gasteiger partial charge in [-0.05, 0) is 49.7 Å². The first-order chi connectivity index (χ1) is 11.7. The average Bonchev–Trinajstić information content (AvgIpc) is 3.05. The van der Waals surface area contributed by atoms with Crippen LogP contribution in [0.4, 0.5) is 0 Å². The monoisotopic (exact) mass is 343 g/mol. The second kappa shape index (κ2) is 7.36. The molecule has 0 saturated carbocycles. The van der Waals surface area contributed by atoms with Gasteiger partial charge in [0.25, 0.3) is 0 Å². The van der Waals surface area contributed by atoms with Crippen LogP contribution >= 0.6 is 11.6 Å². The number of aromatic nitrogens is 3. The molecule has 3 rings (SSSR count). The van der Waals surface area contributed by atoms with E-state index < -0.39 is 0 Å². The van der Waals surface area contributed by atoms with Crippen LogP contribution in [-0.2, 0) is 0 Å². The predicted molar refractivity (Wildman–Crippen MR) is 93.6 cm³/mol. The number of halogens is 1. The van der Waals surface area contributed by atoms with E-state index >= 15 is 0 Å². The van der Waals surface area contributed by atoms with E-state index in [-0.39, 0.29) is 0 Å². The molecule has 0 saturated heterocycles. The number of pyridine rings is 1. The van der Waals surface area contributed by atoms with Crippen molar-refractivity contribution in [2.45, 2.75) is 13.8 Å². The minimum Gasteiger partial charge on any atom is -0.475 e. The largest absolute Gasteiger partial charge is 0.475 e. The van der Waals surface area contributed by atoms with Gasteiger partial charge in [0.1, 0.15) is 18.1 Å². The van der Waals surface area contributed by atoms with E-state index in [1.54, 1.807) is 10.9 Å². The third-order valence-electron chi connectivity index (χ3n) is 3.43. The Morgan fingerprint density at radius 3 is 2.71 bits per heavy atom. The van der Waals surface area contributed by atoms with Crippen molar-refractivity contribution < 1.29 is 9.47 Å². The Morgan fingerprint density at radius 2 is 2.00 bits per heavy atom. The Labute approximate surface area is 145 Å². The Kier molecular flexibility index (Phi) is 5.01. The third kappa shape index (κ3) is 3.86. The quantitative estimate of drug-likeness (QED) is 0.626. The molecule has 0 aliphatic heterocycles. The van der Waals surface area contributed by atoms with E-state index in [2.05, 4.69) is 10.1 Å². The van der Waals surface area contributed by atoms with Crippen LogP contribution in [0.3, 0.4) is 0 Å². The minimum absolute atomic E-state index is 0.436. The van der Waals surface area contributed by atoms with Crippen LogP contribution in [0.2, 0.25) is 0 Å². The number of hydrogen-bond donors (Lipinski definition) is 0. The molecule has 0 spiro atoms. The summed E-state index contributed by atoms with van der Waals surface area (Å²) in [5.41, 5.74) is 2.90. The third-order valence-corrected chi connectivity index (χ3v) is 3.58. The zero-order valence-corrected chi connectivity index (χ0v) is 14.3. The zero-order chi connectivity index (χ0) is 16.9. The summed E-state index contributed by atoms with van der Waals surface area (Å²) in [6.45, 7) is 4.38. The fourth-order valence-electron chi connectivity index (χ4n) is 2.20. The zero-order valence-electron chi connectivity index (χ0n) is 13.6. The highest BCUT2D eigenvalue weighted by Gasteiger charge is 2.07. The lowest BCUT2D eigenvalue weighted by atomic mass is 10.2. The molecule has 0 fully saturated rings. The number of benzene rings is 1. The van der Waals surface area contributed by atoms with Crippen LogP contribution in [0.5, 0.6) is 17.4 Å². The highest BCUT2D eigenvalue weighted by molar-refractivity contribution is 6.17. The van der Waals surface area contributed by atoms with Crippen molar-refractivity contribution in [2.24, 2.45) is 0 Å². The molecule has 1 aromatic carbocycles. The number of ether oxygens (including phenoxy) is 2. The molecule has 0 N–H and O–H groups in total. The summed E-state index contributed by atoms with van der Waals surface area (Å²) in [4.78, 5) is 4.23. The number of hydrogen-bond acceptors (Lipinski definition) is 4. The maximum Gasteiger partial charge on any atom is 0.233 e. The van der Waals surface area contributed by atoms with Gasteiger partial charge in [-0.2, -0.15) is 0 Å². The molecule has 2 aromatic heterocycles. The van der Waals surface area contributed by atoms with E-state index in [1.807, 2.05) is 56.4 Å². The Hall–Kier alpha value is -2.53. The van der Waals surface area contributed by atoms with E-state index in [1.165, 1.54) is 0 Å². The summed E-state index contributed by atoms with van der Waals surface area (Å²) >= 11 is 5.61. The van der Waals surface area contributed by atoms with Crippen LogP contribution in [0, 0.1) is 13.8 Å². The predicted octanol–water partition coefficient (Wildman–Crippen LogP) is 4.29. The van der Waals surface area contributed by atoms with Gasteiger partial charge in [0, 0.05) is 18.0 Å². The Balaban J connectivity index is 1.76. The topological polar surface area (TPSA) is 49.2 Å². The fraction of sp³-hybridized carbons (Fsp3) is 0.222. The van der Waals surface area contributed by atoms with Crippen LogP contribution in [0.15, 0.2) is 48.8 Å². The number of aryl methyl sites for hydroxylation is 2. The molecule has 6 heteroatoms. The molecule has 2 heterocycles. The van der Waals surface area contributed by atoms with Crippen LogP contribution in [-0.4, -0.2) is 27.3 Å². The molecular weight excluding hydrogens is 326 g/mol. The number of alkyl halides is 1. The molecule has 5 nitrogen and oxygen atoms in total. The lowest BCUT2D eigenvalue weighted by molar-refractivity contribution is 0.327. The molecule has 0 aliphatic carbocycles. The van der Waals surface area contributed by atoms with Gasteiger partial charge in [0.05, 0.1) is 17.8 Å². The van der Waals surface area contributed by atoms with Crippen molar-refractivity contribution in [1.29, 1.82) is 0 Å². The van der Waals surface area contributed by atoms with Crippen molar-refractivity contribution in [3.8, 4) is 23.1 Å². The molecule has 24 heavy (non-hydrogen) atoms. The number of nitrogens with zero attached hydrogens (tertiary/aromatic N) is 3. The first kappa shape index (κ1) is 16.3. The molecule has 0 bridgehead atoms. The lowest BCUT2D eigenvalue weighted by Gasteiger charge is -2.10. The molecule has 0 aliphatic rings. The highest BCUT2D eigenvalue weighted by atomic mass is 35.5. The molecule has 124 valence electrons. The van der Waals surface area contributed by atoms with Gasteiger partial charge in [0.15, 0.2) is 0 Å². The Morgan fingerprint density at radius 1 is 1.12 bits per heavy atom. The van der Waals surface area contributed by atoms with Gasteiger partial charge in [-0.15, -0.1) is 16.7 Å². The fourth-order valence-corrected chi connectivity index (χ4v) is 2.28. The van der Waals surface area contributed by atoms with Crippen molar-refractivity contribution >= 4 is 11.6 Å². The summed E-state index contributed by atoms with van der Waals surface area (Å²) in [5.74, 6) is 2.49. The smallest absolute Gasteiger partial charge is 0.233 e. The van der Waals surface area contributed by atoms with E-state index in [9.17, 15) is 0 Å². The van der Waals surface area contributed by atoms with Crippen molar-refractivity contribution in [3.05, 3.63) is 60.0 Å². The Bertz CT molecular complexity index is 815. The summed E-state index contributed by atoms with van der Waals surface area (Å²) < 4.78 is 13.0. The van der Waals surface area contributed by atoms with Gasteiger partial charge in [0.2, 0.25) is 5.88 Å².